The van der Waals surface area contributed by atoms with Gasteiger partial charge in [0.25, 0.3) is 0 Å². The van der Waals surface area contributed by atoms with Crippen LogP contribution in [0.1, 0.15) is 5.56 Å². The lowest BCUT2D eigenvalue weighted by Gasteiger charge is -2.18. The number of carbonyl (C=O) groups excluding carboxylic acids is 1. The summed E-state index contributed by atoms with van der Waals surface area (Å²) in [6, 6.07) is 10.4. The van der Waals surface area contributed by atoms with Crippen LogP contribution in [0.25, 0.3) is 0 Å². The fraction of sp³-hybridized carbons (Fsp3) is 0.200. The van der Waals surface area contributed by atoms with E-state index in [4.69, 9.17) is 0 Å². The average molecular weight is 317 g/mol. The molecule has 6 nitrogen and oxygen atoms in total. The van der Waals surface area contributed by atoms with E-state index in [9.17, 15) is 13.2 Å². The van der Waals surface area contributed by atoms with Gasteiger partial charge in [-0.3, -0.25) is 4.90 Å². The van der Waals surface area contributed by atoms with Gasteiger partial charge in [-0.2, -0.15) is 0 Å². The molecule has 0 bridgehead atoms. The Bertz CT molecular complexity index is 816. The number of sulfone groups is 1. The van der Waals surface area contributed by atoms with E-state index in [1.54, 1.807) is 4.90 Å². The van der Waals surface area contributed by atoms with Crippen LogP contribution in [0, 0.1) is 0 Å². The van der Waals surface area contributed by atoms with Crippen molar-refractivity contribution in [3.63, 3.8) is 0 Å². The van der Waals surface area contributed by atoms with Crippen molar-refractivity contribution in [3.05, 3.63) is 48.2 Å². The Hall–Kier alpha value is -2.41. The highest BCUT2D eigenvalue weighted by atomic mass is 32.2. The van der Waals surface area contributed by atoms with Gasteiger partial charge in [0.15, 0.2) is 14.9 Å². The van der Waals surface area contributed by atoms with Gasteiger partial charge < -0.3 is 5.32 Å². The molecule has 2 aromatic rings. The van der Waals surface area contributed by atoms with Crippen LogP contribution < -0.4 is 10.2 Å². The van der Waals surface area contributed by atoms with Crippen LogP contribution in [-0.4, -0.2) is 32.2 Å². The zero-order valence-electron chi connectivity index (χ0n) is 12.0. The predicted octanol–water partition coefficient (Wildman–Crippen LogP) is 2.08. The summed E-state index contributed by atoms with van der Waals surface area (Å²) in [5.74, 6) is 0. The Morgan fingerprint density at radius 1 is 1.23 bits per heavy atom. The lowest BCUT2D eigenvalue weighted by Crippen LogP contribution is -2.33. The lowest BCUT2D eigenvalue weighted by atomic mass is 10.2. The molecule has 1 aromatic carbocycles. The van der Waals surface area contributed by atoms with E-state index in [1.165, 1.54) is 18.3 Å². The molecule has 0 saturated heterocycles. The number of carbonyl (C=O) groups is 1. The number of fused-ring (bicyclic) bond motifs is 1. The molecular weight excluding hydrogens is 302 g/mol. The molecular formula is C15H15N3O3S. The standard InChI is InChI=1S/C15H15N3O3S/c1-22(20,21)14-7-6-12(10-16-14)17-15(19)18-9-8-11-4-2-3-5-13(11)18/h2-7,10H,8-9H2,1H3,(H,17,19). The van der Waals surface area contributed by atoms with Crippen molar-refractivity contribution in [2.75, 3.05) is 23.0 Å². The lowest BCUT2D eigenvalue weighted by molar-refractivity contribution is 0.257. The summed E-state index contributed by atoms with van der Waals surface area (Å²) in [7, 11) is -3.34. The van der Waals surface area contributed by atoms with Crippen molar-refractivity contribution in [2.45, 2.75) is 11.4 Å². The average Bonchev–Trinajstić information content (AvgIpc) is 2.91. The van der Waals surface area contributed by atoms with E-state index in [1.807, 2.05) is 24.3 Å². The number of nitrogens with zero attached hydrogens (tertiary/aromatic N) is 2. The van der Waals surface area contributed by atoms with E-state index in [2.05, 4.69) is 10.3 Å². The van der Waals surface area contributed by atoms with Crippen molar-refractivity contribution in [1.29, 1.82) is 0 Å². The van der Waals surface area contributed by atoms with Gasteiger partial charge in [0.1, 0.15) is 0 Å². The molecule has 0 atom stereocenters. The van der Waals surface area contributed by atoms with Crippen LogP contribution in [-0.2, 0) is 16.3 Å². The SMILES string of the molecule is CS(=O)(=O)c1ccc(NC(=O)N2CCc3ccccc32)cn1. The number of anilines is 2. The molecule has 1 aliphatic rings. The number of hydrogen-bond acceptors (Lipinski definition) is 4. The summed E-state index contributed by atoms with van der Waals surface area (Å²) < 4.78 is 22.7. The van der Waals surface area contributed by atoms with Gasteiger partial charge in [-0.25, -0.2) is 18.2 Å². The fourth-order valence-corrected chi connectivity index (χ4v) is 2.97. The number of aromatic nitrogens is 1. The number of benzene rings is 1. The fourth-order valence-electron chi connectivity index (χ4n) is 2.41. The molecule has 1 aromatic heterocycles. The molecule has 0 saturated carbocycles. The largest absolute Gasteiger partial charge is 0.326 e. The van der Waals surface area contributed by atoms with E-state index < -0.39 is 9.84 Å². The Morgan fingerprint density at radius 3 is 2.68 bits per heavy atom. The van der Waals surface area contributed by atoms with Crippen LogP contribution in [0.2, 0.25) is 0 Å². The maximum absolute atomic E-state index is 12.3. The molecule has 0 radical (unpaired) electrons. The normalized spacial score (nSPS) is 13.8. The summed E-state index contributed by atoms with van der Waals surface area (Å²) in [6.45, 7) is 0.625. The second-order valence-corrected chi connectivity index (χ2v) is 7.08. The Morgan fingerprint density at radius 2 is 2.00 bits per heavy atom. The van der Waals surface area contributed by atoms with Gasteiger partial charge in [-0.05, 0) is 30.2 Å². The Balaban J connectivity index is 1.76. The first-order valence-electron chi connectivity index (χ1n) is 6.78. The summed E-state index contributed by atoms with van der Waals surface area (Å²) in [4.78, 5) is 17.8. The van der Waals surface area contributed by atoms with Crippen molar-refractivity contribution < 1.29 is 13.2 Å². The third-order valence-corrected chi connectivity index (χ3v) is 4.50. The van der Waals surface area contributed by atoms with Gasteiger partial charge in [0.05, 0.1) is 11.9 Å². The minimum absolute atomic E-state index is 0.0167. The minimum Gasteiger partial charge on any atom is -0.306 e. The number of rotatable bonds is 2. The number of para-hydroxylation sites is 1. The zero-order valence-corrected chi connectivity index (χ0v) is 12.8. The van der Waals surface area contributed by atoms with Crippen LogP contribution >= 0.6 is 0 Å². The highest BCUT2D eigenvalue weighted by Crippen LogP contribution is 2.27. The predicted molar refractivity (Wildman–Crippen MR) is 83.9 cm³/mol. The maximum Gasteiger partial charge on any atom is 0.326 e. The number of pyridine rings is 1. The molecule has 0 fully saturated rings. The first-order chi connectivity index (χ1) is 10.4. The van der Waals surface area contributed by atoms with E-state index in [0.29, 0.717) is 12.2 Å². The van der Waals surface area contributed by atoms with Gasteiger partial charge in [-0.1, -0.05) is 18.2 Å². The highest BCUT2D eigenvalue weighted by Gasteiger charge is 2.24. The summed E-state index contributed by atoms with van der Waals surface area (Å²) in [6.07, 6.45) is 3.26. The molecule has 1 aliphatic heterocycles. The smallest absolute Gasteiger partial charge is 0.306 e. The molecule has 114 valence electrons. The summed E-state index contributed by atoms with van der Waals surface area (Å²) in [5, 5.41) is 2.72. The molecule has 2 heterocycles. The zero-order chi connectivity index (χ0) is 15.7. The molecule has 0 aliphatic carbocycles. The van der Waals surface area contributed by atoms with Gasteiger partial charge >= 0.3 is 6.03 Å². The first kappa shape index (κ1) is 14.5. The van der Waals surface area contributed by atoms with Crippen molar-refractivity contribution >= 4 is 27.2 Å². The molecule has 2 amide bonds. The number of hydrogen-bond donors (Lipinski definition) is 1. The molecule has 7 heteroatoms. The Labute approximate surface area is 128 Å². The van der Waals surface area contributed by atoms with Crippen LogP contribution in [0.5, 0.6) is 0 Å². The molecule has 0 unspecified atom stereocenters. The quantitative estimate of drug-likeness (QED) is 0.919. The summed E-state index contributed by atoms with van der Waals surface area (Å²) in [5.41, 5.74) is 2.51. The third kappa shape index (κ3) is 2.80. The summed E-state index contributed by atoms with van der Waals surface area (Å²) >= 11 is 0. The molecule has 22 heavy (non-hydrogen) atoms. The van der Waals surface area contributed by atoms with Gasteiger partial charge in [0, 0.05) is 18.5 Å². The van der Waals surface area contributed by atoms with Crippen molar-refractivity contribution in [1.82, 2.24) is 4.98 Å². The maximum atomic E-state index is 12.3. The van der Waals surface area contributed by atoms with E-state index >= 15 is 0 Å². The molecule has 3 rings (SSSR count). The topological polar surface area (TPSA) is 79.4 Å². The molecule has 0 spiro atoms. The molecule has 1 N–H and O–H groups in total. The van der Waals surface area contributed by atoms with Crippen LogP contribution in [0.3, 0.4) is 0 Å². The van der Waals surface area contributed by atoms with Crippen molar-refractivity contribution in [3.8, 4) is 0 Å². The Kier molecular flexibility index (Phi) is 3.58. The van der Waals surface area contributed by atoms with Crippen molar-refractivity contribution in [2.24, 2.45) is 0 Å². The van der Waals surface area contributed by atoms with Crippen LogP contribution in [0.4, 0.5) is 16.2 Å². The third-order valence-electron chi connectivity index (χ3n) is 3.50. The number of amides is 2. The minimum atomic E-state index is -3.34. The number of nitrogens with one attached hydrogen (secondary N) is 1. The first-order valence-corrected chi connectivity index (χ1v) is 8.67. The van der Waals surface area contributed by atoms with Gasteiger partial charge in [-0.15, -0.1) is 0 Å². The van der Waals surface area contributed by atoms with Gasteiger partial charge in [0.2, 0.25) is 0 Å². The van der Waals surface area contributed by atoms with E-state index in [0.717, 1.165) is 23.9 Å². The highest BCUT2D eigenvalue weighted by molar-refractivity contribution is 7.90. The second kappa shape index (κ2) is 5.42. The van der Waals surface area contributed by atoms with E-state index in [-0.39, 0.29) is 11.1 Å². The van der Waals surface area contributed by atoms with Crippen LogP contribution in [0.15, 0.2) is 47.6 Å². The number of urea groups is 1. The monoisotopic (exact) mass is 317 g/mol. The second-order valence-electron chi connectivity index (χ2n) is 5.12.